The molecule has 1 aromatic carbocycles. The van der Waals surface area contributed by atoms with Gasteiger partial charge in [-0.3, -0.25) is 0 Å². The number of halogens is 1. The lowest BCUT2D eigenvalue weighted by Crippen LogP contribution is -1.85. The average Bonchev–Trinajstić information content (AvgIpc) is 2.09. The zero-order valence-corrected chi connectivity index (χ0v) is 6.36. The SMILES string of the molecule is O=C(O)OCl.c1ccccc1. The van der Waals surface area contributed by atoms with Crippen LogP contribution < -0.4 is 0 Å². The van der Waals surface area contributed by atoms with Gasteiger partial charge >= 0.3 is 6.16 Å². The van der Waals surface area contributed by atoms with Crippen LogP contribution in [-0.2, 0) is 4.29 Å². The zero-order valence-electron chi connectivity index (χ0n) is 5.61. The third-order valence-electron chi connectivity index (χ3n) is 0.733. The molecule has 0 aliphatic carbocycles. The maximum atomic E-state index is 9.01. The number of benzene rings is 1. The van der Waals surface area contributed by atoms with E-state index in [9.17, 15) is 0 Å². The molecule has 1 N–H and O–H groups in total. The molecular weight excluding hydrogens is 168 g/mol. The number of carboxylic acid groups (broad SMARTS) is 1. The van der Waals surface area contributed by atoms with Crippen molar-refractivity contribution in [2.24, 2.45) is 0 Å². The quantitative estimate of drug-likeness (QED) is 0.658. The molecular formula is C7H7ClO3. The first-order valence-electron chi connectivity index (χ1n) is 2.79. The van der Waals surface area contributed by atoms with Crippen LogP contribution in [0.3, 0.4) is 0 Å². The van der Waals surface area contributed by atoms with Gasteiger partial charge in [0, 0.05) is 0 Å². The van der Waals surface area contributed by atoms with Crippen molar-refractivity contribution in [1.29, 1.82) is 0 Å². The van der Waals surface area contributed by atoms with Gasteiger partial charge < -0.3 is 9.40 Å². The van der Waals surface area contributed by atoms with E-state index in [4.69, 9.17) is 9.90 Å². The fourth-order valence-corrected chi connectivity index (χ4v) is 0.385. The molecule has 0 aliphatic rings. The van der Waals surface area contributed by atoms with Gasteiger partial charge in [0.15, 0.2) is 0 Å². The van der Waals surface area contributed by atoms with Crippen LogP contribution in [0.2, 0.25) is 0 Å². The lowest BCUT2D eigenvalue weighted by Gasteiger charge is -1.73. The summed E-state index contributed by atoms with van der Waals surface area (Å²) >= 11 is 4.24. The molecule has 0 heterocycles. The predicted molar refractivity (Wildman–Crippen MR) is 41.4 cm³/mol. The minimum Gasteiger partial charge on any atom is -0.449 e. The Bertz CT molecular complexity index is 161. The minimum absolute atomic E-state index is 1.48. The molecule has 0 unspecified atom stereocenters. The summed E-state index contributed by atoms with van der Waals surface area (Å²) in [5.41, 5.74) is 0. The van der Waals surface area contributed by atoms with E-state index in [1.165, 1.54) is 0 Å². The van der Waals surface area contributed by atoms with Crippen LogP contribution in [-0.4, -0.2) is 11.3 Å². The summed E-state index contributed by atoms with van der Waals surface area (Å²) in [5, 5.41) is 7.37. The third-order valence-corrected chi connectivity index (χ3v) is 0.865. The first kappa shape index (κ1) is 9.78. The van der Waals surface area contributed by atoms with E-state index in [1.807, 2.05) is 36.4 Å². The molecule has 0 spiro atoms. The van der Waals surface area contributed by atoms with Gasteiger partial charge in [0.2, 0.25) is 0 Å². The standard InChI is InChI=1S/C6H6.CHClO3/c1-2-4-6-5-3-1;2-5-1(3)4/h1-6H;(H,3,4). The second-order valence-electron chi connectivity index (χ2n) is 1.50. The van der Waals surface area contributed by atoms with E-state index >= 15 is 0 Å². The van der Waals surface area contributed by atoms with Crippen molar-refractivity contribution in [2.45, 2.75) is 0 Å². The lowest BCUT2D eigenvalue weighted by atomic mass is 10.4. The predicted octanol–water partition coefficient (Wildman–Crippen LogP) is 2.52. The van der Waals surface area contributed by atoms with Crippen LogP contribution in [0.1, 0.15) is 0 Å². The second kappa shape index (κ2) is 6.89. The highest BCUT2D eigenvalue weighted by molar-refractivity contribution is 6.12. The minimum atomic E-state index is -1.48. The second-order valence-corrected chi connectivity index (χ2v) is 1.65. The van der Waals surface area contributed by atoms with Crippen LogP contribution in [0, 0.1) is 0 Å². The Morgan fingerprint density at radius 1 is 1.09 bits per heavy atom. The molecule has 0 atom stereocenters. The normalized spacial score (nSPS) is 7.36. The number of hydrogen-bond acceptors (Lipinski definition) is 2. The molecule has 0 saturated heterocycles. The average molecular weight is 175 g/mol. The fourth-order valence-electron chi connectivity index (χ4n) is 0.385. The van der Waals surface area contributed by atoms with Crippen LogP contribution in [0.5, 0.6) is 0 Å². The van der Waals surface area contributed by atoms with Crippen molar-refractivity contribution in [2.75, 3.05) is 0 Å². The van der Waals surface area contributed by atoms with E-state index in [-0.39, 0.29) is 0 Å². The number of carbonyl (C=O) groups is 1. The van der Waals surface area contributed by atoms with Crippen LogP contribution in [0.25, 0.3) is 0 Å². The Morgan fingerprint density at radius 3 is 1.36 bits per heavy atom. The van der Waals surface area contributed by atoms with Gasteiger partial charge in [-0.15, -0.1) is 0 Å². The molecule has 0 radical (unpaired) electrons. The summed E-state index contributed by atoms with van der Waals surface area (Å²) < 4.78 is 3.14. The molecule has 3 nitrogen and oxygen atoms in total. The monoisotopic (exact) mass is 174 g/mol. The third kappa shape index (κ3) is 8.78. The summed E-state index contributed by atoms with van der Waals surface area (Å²) in [6.45, 7) is 0. The summed E-state index contributed by atoms with van der Waals surface area (Å²) in [4.78, 5) is 9.01. The van der Waals surface area contributed by atoms with Gasteiger partial charge in [-0.2, -0.15) is 0 Å². The molecule has 0 fully saturated rings. The Balaban J connectivity index is 0.000000187. The van der Waals surface area contributed by atoms with Gasteiger partial charge in [-0.25, -0.2) is 4.79 Å². The summed E-state index contributed by atoms with van der Waals surface area (Å²) in [7, 11) is 0. The summed E-state index contributed by atoms with van der Waals surface area (Å²) in [5.74, 6) is 0. The van der Waals surface area contributed by atoms with Gasteiger partial charge in [0.05, 0.1) is 0 Å². The van der Waals surface area contributed by atoms with Crippen molar-refractivity contribution >= 4 is 18.0 Å². The van der Waals surface area contributed by atoms with Crippen molar-refractivity contribution in [3.63, 3.8) is 0 Å². The highest BCUT2D eigenvalue weighted by atomic mass is 35.5. The molecule has 0 aliphatic heterocycles. The summed E-state index contributed by atoms with van der Waals surface area (Å²) in [6, 6.07) is 12.0. The van der Waals surface area contributed by atoms with Crippen molar-refractivity contribution in [3.05, 3.63) is 36.4 Å². The van der Waals surface area contributed by atoms with Gasteiger partial charge in [-0.05, 0) is 0 Å². The van der Waals surface area contributed by atoms with E-state index in [2.05, 4.69) is 16.2 Å². The van der Waals surface area contributed by atoms with Gasteiger partial charge in [0.1, 0.15) is 11.9 Å². The largest absolute Gasteiger partial charge is 0.524 e. The van der Waals surface area contributed by atoms with Gasteiger partial charge in [0.25, 0.3) is 0 Å². The Kier molecular flexibility index (Phi) is 6.13. The van der Waals surface area contributed by atoms with Crippen molar-refractivity contribution < 1.29 is 14.2 Å². The van der Waals surface area contributed by atoms with Crippen LogP contribution >= 0.6 is 11.9 Å². The molecule has 1 rings (SSSR count). The molecule has 0 amide bonds. The van der Waals surface area contributed by atoms with E-state index < -0.39 is 6.16 Å². The fraction of sp³-hybridized carbons (Fsp3) is 0. The molecule has 60 valence electrons. The molecule has 0 bridgehead atoms. The van der Waals surface area contributed by atoms with E-state index in [1.54, 1.807) is 0 Å². The number of rotatable bonds is 0. The topological polar surface area (TPSA) is 46.5 Å². The lowest BCUT2D eigenvalue weighted by molar-refractivity contribution is 0.149. The first-order valence-corrected chi connectivity index (χ1v) is 3.09. The molecule has 0 aromatic heterocycles. The Hall–Kier alpha value is -1.22. The first-order chi connectivity index (χ1) is 5.27. The Morgan fingerprint density at radius 2 is 1.27 bits per heavy atom. The Labute approximate surface area is 69.3 Å². The van der Waals surface area contributed by atoms with E-state index in [0.717, 1.165) is 0 Å². The highest BCUT2D eigenvalue weighted by Crippen LogP contribution is 1.79. The van der Waals surface area contributed by atoms with Crippen LogP contribution in [0.4, 0.5) is 4.79 Å². The van der Waals surface area contributed by atoms with Crippen LogP contribution in [0.15, 0.2) is 36.4 Å². The smallest absolute Gasteiger partial charge is 0.449 e. The molecule has 11 heavy (non-hydrogen) atoms. The van der Waals surface area contributed by atoms with Gasteiger partial charge in [-0.1, -0.05) is 36.4 Å². The van der Waals surface area contributed by atoms with Crippen molar-refractivity contribution in [1.82, 2.24) is 0 Å². The highest BCUT2D eigenvalue weighted by Gasteiger charge is 1.84. The zero-order chi connectivity index (χ0) is 8.53. The molecule has 0 saturated carbocycles. The molecule has 4 heteroatoms. The number of hydrogen-bond donors (Lipinski definition) is 1. The maximum absolute atomic E-state index is 9.01. The maximum Gasteiger partial charge on any atom is 0.524 e. The summed E-state index contributed by atoms with van der Waals surface area (Å²) in [6.07, 6.45) is -1.48. The molecule has 1 aromatic rings. The van der Waals surface area contributed by atoms with E-state index in [0.29, 0.717) is 0 Å². The van der Waals surface area contributed by atoms with Crippen molar-refractivity contribution in [3.8, 4) is 0 Å².